The standard InChI is InChI=1S/C22H40O3/c1-3-11-19(2)12-7-8-14-21-16-10-15-20(21)13-6-4-5-9-17-22(24,25)18-23/h8,10,14,16,19-21,23-25H,3-7,9,11-13,15,17-18H2,1-2H3/b14-8+/t19?,20-,21-/m0/s1. The van der Waals surface area contributed by atoms with E-state index in [1.54, 1.807) is 0 Å². The molecule has 0 heterocycles. The number of rotatable bonds is 14. The minimum Gasteiger partial charge on any atom is -0.391 e. The van der Waals surface area contributed by atoms with Gasteiger partial charge in [-0.3, -0.25) is 0 Å². The highest BCUT2D eigenvalue weighted by Gasteiger charge is 2.21. The molecule has 0 aromatic carbocycles. The lowest BCUT2D eigenvalue weighted by atomic mass is 9.89. The van der Waals surface area contributed by atoms with Gasteiger partial charge in [-0.05, 0) is 49.9 Å². The lowest BCUT2D eigenvalue weighted by molar-refractivity contribution is -0.191. The monoisotopic (exact) mass is 352 g/mol. The van der Waals surface area contributed by atoms with Crippen LogP contribution >= 0.6 is 0 Å². The van der Waals surface area contributed by atoms with Crippen LogP contribution in [0.1, 0.15) is 84.5 Å². The van der Waals surface area contributed by atoms with E-state index in [0.29, 0.717) is 5.92 Å². The number of hydrogen-bond donors (Lipinski definition) is 3. The van der Waals surface area contributed by atoms with Gasteiger partial charge in [0, 0.05) is 6.42 Å². The van der Waals surface area contributed by atoms with E-state index in [9.17, 15) is 10.2 Å². The second-order valence-electron chi connectivity index (χ2n) is 7.99. The van der Waals surface area contributed by atoms with Crippen molar-refractivity contribution in [2.75, 3.05) is 6.61 Å². The summed E-state index contributed by atoms with van der Waals surface area (Å²) in [6, 6.07) is 0. The van der Waals surface area contributed by atoms with Crippen LogP contribution in [0.2, 0.25) is 0 Å². The minimum atomic E-state index is -1.89. The molecule has 1 aliphatic carbocycles. The predicted octanol–water partition coefficient (Wildman–Crippen LogP) is 4.97. The maximum absolute atomic E-state index is 9.34. The van der Waals surface area contributed by atoms with Gasteiger partial charge < -0.3 is 15.3 Å². The zero-order chi connectivity index (χ0) is 18.5. The quantitative estimate of drug-likeness (QED) is 0.235. The van der Waals surface area contributed by atoms with Gasteiger partial charge in [-0.1, -0.05) is 70.3 Å². The lowest BCUT2D eigenvalue weighted by Gasteiger charge is -2.19. The number of hydrogen-bond acceptors (Lipinski definition) is 3. The number of unbranched alkanes of at least 4 members (excludes halogenated alkanes) is 3. The Balaban J connectivity index is 2.13. The Morgan fingerprint density at radius 3 is 2.64 bits per heavy atom. The van der Waals surface area contributed by atoms with Crippen LogP contribution < -0.4 is 0 Å². The molecule has 0 aromatic rings. The van der Waals surface area contributed by atoms with E-state index in [2.05, 4.69) is 38.2 Å². The summed E-state index contributed by atoms with van der Waals surface area (Å²) in [5.41, 5.74) is 0. The second-order valence-corrected chi connectivity index (χ2v) is 7.99. The Morgan fingerprint density at radius 1 is 1.16 bits per heavy atom. The molecule has 1 unspecified atom stereocenters. The van der Waals surface area contributed by atoms with Gasteiger partial charge in [-0.25, -0.2) is 0 Å². The van der Waals surface area contributed by atoms with Crippen LogP contribution in [0.25, 0.3) is 0 Å². The Hall–Kier alpha value is -0.640. The van der Waals surface area contributed by atoms with Crippen LogP contribution in [0.5, 0.6) is 0 Å². The van der Waals surface area contributed by atoms with Crippen LogP contribution in [-0.4, -0.2) is 27.7 Å². The first-order chi connectivity index (χ1) is 12.0. The highest BCUT2D eigenvalue weighted by atomic mass is 16.5. The van der Waals surface area contributed by atoms with Crippen LogP contribution in [0.3, 0.4) is 0 Å². The molecule has 3 nitrogen and oxygen atoms in total. The van der Waals surface area contributed by atoms with Crippen molar-refractivity contribution in [2.45, 2.75) is 90.3 Å². The van der Waals surface area contributed by atoms with Crippen molar-refractivity contribution < 1.29 is 15.3 Å². The molecule has 0 fully saturated rings. The topological polar surface area (TPSA) is 60.7 Å². The lowest BCUT2D eigenvalue weighted by Crippen LogP contribution is -2.32. The third kappa shape index (κ3) is 10.2. The smallest absolute Gasteiger partial charge is 0.186 e. The van der Waals surface area contributed by atoms with Crippen molar-refractivity contribution in [3.8, 4) is 0 Å². The van der Waals surface area contributed by atoms with E-state index in [1.165, 1.54) is 44.9 Å². The third-order valence-electron chi connectivity index (χ3n) is 5.46. The minimum absolute atomic E-state index is 0.260. The van der Waals surface area contributed by atoms with Crippen molar-refractivity contribution in [3.05, 3.63) is 24.3 Å². The molecule has 0 saturated heterocycles. The third-order valence-corrected chi connectivity index (χ3v) is 5.46. The average Bonchev–Trinajstić information content (AvgIpc) is 3.02. The Kier molecular flexibility index (Phi) is 11.4. The molecular formula is C22H40O3. The van der Waals surface area contributed by atoms with Gasteiger partial charge in [-0.2, -0.15) is 0 Å². The molecule has 25 heavy (non-hydrogen) atoms. The molecule has 3 heteroatoms. The Labute approximate surface area is 154 Å². The van der Waals surface area contributed by atoms with Gasteiger partial charge in [0.05, 0.1) is 6.61 Å². The highest BCUT2D eigenvalue weighted by Crippen LogP contribution is 2.31. The number of aliphatic hydroxyl groups excluding tert-OH is 1. The first-order valence-electron chi connectivity index (χ1n) is 10.4. The molecule has 146 valence electrons. The molecule has 0 bridgehead atoms. The summed E-state index contributed by atoms with van der Waals surface area (Å²) in [6.45, 7) is 4.04. The zero-order valence-corrected chi connectivity index (χ0v) is 16.4. The molecule has 1 aliphatic rings. The van der Waals surface area contributed by atoms with Crippen molar-refractivity contribution in [2.24, 2.45) is 17.8 Å². The summed E-state index contributed by atoms with van der Waals surface area (Å²) >= 11 is 0. The molecule has 0 radical (unpaired) electrons. The van der Waals surface area contributed by atoms with E-state index in [-0.39, 0.29) is 6.42 Å². The molecule has 0 amide bonds. The fourth-order valence-electron chi connectivity index (χ4n) is 3.77. The van der Waals surface area contributed by atoms with Gasteiger partial charge in [0.1, 0.15) is 0 Å². The first kappa shape index (κ1) is 22.4. The highest BCUT2D eigenvalue weighted by molar-refractivity contribution is 5.09. The summed E-state index contributed by atoms with van der Waals surface area (Å²) in [5, 5.41) is 27.5. The average molecular weight is 353 g/mol. The van der Waals surface area contributed by atoms with Gasteiger partial charge >= 0.3 is 0 Å². The maximum Gasteiger partial charge on any atom is 0.186 e. The van der Waals surface area contributed by atoms with Crippen molar-refractivity contribution in [1.82, 2.24) is 0 Å². The molecule has 0 aromatic heterocycles. The zero-order valence-electron chi connectivity index (χ0n) is 16.4. The van der Waals surface area contributed by atoms with E-state index in [4.69, 9.17) is 5.11 Å². The molecule has 3 atom stereocenters. The SMILES string of the molecule is CCCC(C)CC/C=C/[C@H]1C=CC[C@@H]1CCCCCCC(O)(O)CO. The van der Waals surface area contributed by atoms with Crippen molar-refractivity contribution >= 4 is 0 Å². The largest absolute Gasteiger partial charge is 0.391 e. The van der Waals surface area contributed by atoms with Crippen LogP contribution in [0.4, 0.5) is 0 Å². The molecule has 0 aliphatic heterocycles. The fraction of sp³-hybridized carbons (Fsp3) is 0.818. The van der Waals surface area contributed by atoms with Gasteiger partial charge in [0.15, 0.2) is 5.79 Å². The molecule has 1 rings (SSSR count). The van der Waals surface area contributed by atoms with Gasteiger partial charge in [-0.15, -0.1) is 0 Å². The van der Waals surface area contributed by atoms with Crippen LogP contribution in [0.15, 0.2) is 24.3 Å². The van der Waals surface area contributed by atoms with Crippen LogP contribution in [-0.2, 0) is 0 Å². The Morgan fingerprint density at radius 2 is 1.92 bits per heavy atom. The summed E-state index contributed by atoms with van der Waals surface area (Å²) in [7, 11) is 0. The summed E-state index contributed by atoms with van der Waals surface area (Å²) in [4.78, 5) is 0. The Bertz CT molecular complexity index is 387. The normalized spacial score (nSPS) is 22.1. The molecule has 0 spiro atoms. The fourth-order valence-corrected chi connectivity index (χ4v) is 3.77. The molecule has 3 N–H and O–H groups in total. The second kappa shape index (κ2) is 12.7. The summed E-state index contributed by atoms with van der Waals surface area (Å²) < 4.78 is 0. The molecular weight excluding hydrogens is 312 g/mol. The van der Waals surface area contributed by atoms with Gasteiger partial charge in [0.25, 0.3) is 0 Å². The van der Waals surface area contributed by atoms with E-state index in [0.717, 1.165) is 31.1 Å². The van der Waals surface area contributed by atoms with E-state index in [1.807, 2.05) is 0 Å². The van der Waals surface area contributed by atoms with E-state index >= 15 is 0 Å². The maximum atomic E-state index is 9.34. The molecule has 0 saturated carbocycles. The number of allylic oxidation sites excluding steroid dienone is 4. The first-order valence-corrected chi connectivity index (χ1v) is 10.4. The van der Waals surface area contributed by atoms with E-state index < -0.39 is 12.4 Å². The summed E-state index contributed by atoms with van der Waals surface area (Å²) in [6.07, 6.45) is 21.4. The number of aliphatic hydroxyl groups is 3. The summed E-state index contributed by atoms with van der Waals surface area (Å²) in [5.74, 6) is 0.307. The van der Waals surface area contributed by atoms with Crippen LogP contribution in [0, 0.1) is 17.8 Å². The van der Waals surface area contributed by atoms with Crippen molar-refractivity contribution in [3.63, 3.8) is 0 Å². The van der Waals surface area contributed by atoms with Crippen molar-refractivity contribution in [1.29, 1.82) is 0 Å². The predicted molar refractivity (Wildman–Crippen MR) is 105 cm³/mol. The van der Waals surface area contributed by atoms with Gasteiger partial charge in [0.2, 0.25) is 0 Å².